The zero-order valence-corrected chi connectivity index (χ0v) is 10.1. The summed E-state index contributed by atoms with van der Waals surface area (Å²) in [7, 11) is 0. The molecular weight excluding hydrogens is 255 g/mol. The normalized spacial score (nSPS) is 10.6. The Balaban J connectivity index is 2.75. The van der Waals surface area contributed by atoms with Gasteiger partial charge in [-0.25, -0.2) is 4.98 Å². The molecule has 0 spiro atoms. The van der Waals surface area contributed by atoms with Crippen molar-refractivity contribution in [1.29, 1.82) is 5.26 Å². The van der Waals surface area contributed by atoms with E-state index in [0.717, 1.165) is 18.6 Å². The summed E-state index contributed by atoms with van der Waals surface area (Å²) >= 11 is 0. The number of unbranched alkanes of at least 4 members (excludes halogenated alkanes) is 2. The number of rotatable bonds is 5. The number of halogens is 3. The second-order valence-corrected chi connectivity index (χ2v) is 3.79. The molecule has 0 aromatic carbocycles. The van der Waals surface area contributed by atoms with E-state index in [-0.39, 0.29) is 11.4 Å². The Morgan fingerprint density at radius 2 is 2.05 bits per heavy atom. The maximum atomic E-state index is 12.5. The van der Waals surface area contributed by atoms with Crippen molar-refractivity contribution in [3.8, 4) is 18.4 Å². The van der Waals surface area contributed by atoms with Gasteiger partial charge in [-0.15, -0.1) is 12.3 Å². The zero-order valence-electron chi connectivity index (χ0n) is 10.1. The molecule has 0 saturated heterocycles. The number of anilines is 1. The molecule has 0 bridgehead atoms. The quantitative estimate of drug-likeness (QED) is 0.658. The summed E-state index contributed by atoms with van der Waals surface area (Å²) < 4.78 is 37.5. The molecule has 1 heterocycles. The molecule has 0 radical (unpaired) electrons. The lowest BCUT2D eigenvalue weighted by Gasteiger charge is -2.10. The van der Waals surface area contributed by atoms with Crippen molar-refractivity contribution in [2.75, 3.05) is 11.9 Å². The predicted molar refractivity (Wildman–Crippen MR) is 65.1 cm³/mol. The Kier molecular flexibility index (Phi) is 5.20. The van der Waals surface area contributed by atoms with Gasteiger partial charge in [0.15, 0.2) is 0 Å². The summed E-state index contributed by atoms with van der Waals surface area (Å²) in [6, 6.07) is 3.71. The average Bonchev–Trinajstić information content (AvgIpc) is 2.37. The van der Waals surface area contributed by atoms with Crippen molar-refractivity contribution >= 4 is 5.82 Å². The monoisotopic (exact) mass is 267 g/mol. The first-order valence-corrected chi connectivity index (χ1v) is 5.64. The molecule has 0 fully saturated rings. The lowest BCUT2D eigenvalue weighted by atomic mass is 10.2. The minimum Gasteiger partial charge on any atom is -0.369 e. The van der Waals surface area contributed by atoms with Gasteiger partial charge in [0.25, 0.3) is 0 Å². The van der Waals surface area contributed by atoms with Crippen LogP contribution < -0.4 is 5.32 Å². The maximum absolute atomic E-state index is 12.5. The summed E-state index contributed by atoms with van der Waals surface area (Å²) in [5.74, 6) is 2.43. The first-order valence-electron chi connectivity index (χ1n) is 5.64. The Bertz CT molecular complexity index is 509. The van der Waals surface area contributed by atoms with Crippen LogP contribution in [0.2, 0.25) is 0 Å². The molecule has 3 nitrogen and oxygen atoms in total. The van der Waals surface area contributed by atoms with Crippen molar-refractivity contribution < 1.29 is 13.2 Å². The molecule has 1 rings (SSSR count). The van der Waals surface area contributed by atoms with E-state index >= 15 is 0 Å². The van der Waals surface area contributed by atoms with Crippen LogP contribution in [0.4, 0.5) is 19.0 Å². The van der Waals surface area contributed by atoms with Gasteiger partial charge in [-0.3, -0.25) is 0 Å². The number of hydrogen-bond donors (Lipinski definition) is 1. The molecule has 0 amide bonds. The Labute approximate surface area is 109 Å². The van der Waals surface area contributed by atoms with Crippen LogP contribution in [0.3, 0.4) is 0 Å². The van der Waals surface area contributed by atoms with Crippen LogP contribution in [0.25, 0.3) is 0 Å². The smallest absolute Gasteiger partial charge is 0.369 e. The average molecular weight is 267 g/mol. The number of nitriles is 1. The summed E-state index contributed by atoms with van der Waals surface area (Å²) in [5.41, 5.74) is -0.928. The molecule has 1 aromatic heterocycles. The molecule has 0 atom stereocenters. The van der Waals surface area contributed by atoms with Crippen LogP contribution in [0.15, 0.2) is 12.1 Å². The van der Waals surface area contributed by atoms with E-state index in [0.29, 0.717) is 19.4 Å². The van der Waals surface area contributed by atoms with Crippen molar-refractivity contribution in [3.63, 3.8) is 0 Å². The molecule has 0 aliphatic rings. The summed E-state index contributed by atoms with van der Waals surface area (Å²) in [5, 5.41) is 11.5. The van der Waals surface area contributed by atoms with Gasteiger partial charge in [0.05, 0.1) is 5.56 Å². The summed E-state index contributed by atoms with van der Waals surface area (Å²) in [6.07, 6.45) is 2.65. The topological polar surface area (TPSA) is 48.7 Å². The fourth-order valence-corrected chi connectivity index (χ4v) is 1.40. The van der Waals surface area contributed by atoms with Crippen molar-refractivity contribution in [2.45, 2.75) is 25.4 Å². The van der Waals surface area contributed by atoms with Crippen LogP contribution in [-0.2, 0) is 6.18 Å². The molecular formula is C13H12F3N3. The second kappa shape index (κ2) is 6.65. The van der Waals surface area contributed by atoms with Crippen LogP contribution in [0.5, 0.6) is 0 Å². The van der Waals surface area contributed by atoms with Crippen LogP contribution in [0.1, 0.15) is 30.5 Å². The highest BCUT2D eigenvalue weighted by Crippen LogP contribution is 2.29. The number of nitrogens with zero attached hydrogens (tertiary/aromatic N) is 2. The highest BCUT2D eigenvalue weighted by atomic mass is 19.4. The van der Waals surface area contributed by atoms with Gasteiger partial charge in [-0.05, 0) is 25.0 Å². The summed E-state index contributed by atoms with van der Waals surface area (Å²) in [4.78, 5) is 3.43. The first kappa shape index (κ1) is 14.8. The van der Waals surface area contributed by atoms with Gasteiger partial charge in [-0.1, -0.05) is 0 Å². The molecule has 0 unspecified atom stereocenters. The highest BCUT2D eigenvalue weighted by molar-refractivity contribution is 5.52. The number of nitrogens with one attached hydrogen (secondary N) is 1. The third-order valence-electron chi connectivity index (χ3n) is 2.35. The molecule has 0 aliphatic heterocycles. The van der Waals surface area contributed by atoms with Gasteiger partial charge in [0, 0.05) is 13.0 Å². The van der Waals surface area contributed by atoms with E-state index in [1.54, 1.807) is 6.07 Å². The maximum Gasteiger partial charge on any atom is 0.433 e. The fourth-order valence-electron chi connectivity index (χ4n) is 1.40. The molecule has 100 valence electrons. The van der Waals surface area contributed by atoms with E-state index < -0.39 is 11.9 Å². The number of hydrogen-bond acceptors (Lipinski definition) is 3. The molecule has 0 aliphatic carbocycles. The highest BCUT2D eigenvalue weighted by Gasteiger charge is 2.33. The lowest BCUT2D eigenvalue weighted by molar-refractivity contribution is -0.141. The van der Waals surface area contributed by atoms with Gasteiger partial charge in [0.2, 0.25) is 0 Å². The van der Waals surface area contributed by atoms with Crippen LogP contribution in [0, 0.1) is 23.7 Å². The Morgan fingerprint density at radius 1 is 1.32 bits per heavy atom. The number of pyridine rings is 1. The van der Waals surface area contributed by atoms with E-state index in [4.69, 9.17) is 11.7 Å². The van der Waals surface area contributed by atoms with E-state index in [1.807, 2.05) is 0 Å². The predicted octanol–water partition coefficient (Wildman–Crippen LogP) is 3.19. The van der Waals surface area contributed by atoms with Crippen molar-refractivity contribution in [1.82, 2.24) is 4.98 Å². The van der Waals surface area contributed by atoms with Gasteiger partial charge >= 0.3 is 6.18 Å². The van der Waals surface area contributed by atoms with Gasteiger partial charge in [-0.2, -0.15) is 18.4 Å². The lowest BCUT2D eigenvalue weighted by Crippen LogP contribution is -2.12. The van der Waals surface area contributed by atoms with Gasteiger partial charge in [0.1, 0.15) is 17.6 Å². The second-order valence-electron chi connectivity index (χ2n) is 3.79. The first-order chi connectivity index (χ1) is 8.99. The van der Waals surface area contributed by atoms with E-state index in [1.165, 1.54) is 0 Å². The standard InChI is InChI=1S/C13H12F3N3/c1-2-3-4-5-8-18-12-10(9-17)6-7-11(19-12)13(14,15)16/h1,6-7H,3-5,8H2,(H,18,19). The Hall–Kier alpha value is -2.21. The van der Waals surface area contributed by atoms with Crippen LogP contribution >= 0.6 is 0 Å². The minimum absolute atomic E-state index is 0.0435. The number of alkyl halides is 3. The third kappa shape index (κ3) is 4.51. The Morgan fingerprint density at radius 3 is 2.63 bits per heavy atom. The minimum atomic E-state index is -4.52. The third-order valence-corrected chi connectivity index (χ3v) is 2.35. The van der Waals surface area contributed by atoms with Crippen molar-refractivity contribution in [3.05, 3.63) is 23.4 Å². The molecule has 1 aromatic rings. The SMILES string of the molecule is C#CCCCCNc1nc(C(F)(F)F)ccc1C#N. The molecule has 0 saturated carbocycles. The zero-order chi connectivity index (χ0) is 14.3. The van der Waals surface area contributed by atoms with Gasteiger partial charge < -0.3 is 5.32 Å². The van der Waals surface area contributed by atoms with E-state index in [9.17, 15) is 13.2 Å². The van der Waals surface area contributed by atoms with E-state index in [2.05, 4.69) is 16.2 Å². The molecule has 6 heteroatoms. The number of aromatic nitrogens is 1. The van der Waals surface area contributed by atoms with Crippen molar-refractivity contribution in [2.24, 2.45) is 0 Å². The molecule has 1 N–H and O–H groups in total. The largest absolute Gasteiger partial charge is 0.433 e. The molecule has 19 heavy (non-hydrogen) atoms. The number of terminal acetylenes is 1. The fraction of sp³-hybridized carbons (Fsp3) is 0.385. The summed E-state index contributed by atoms with van der Waals surface area (Å²) in [6.45, 7) is 0.421. The van der Waals surface area contributed by atoms with Crippen LogP contribution in [-0.4, -0.2) is 11.5 Å².